The van der Waals surface area contributed by atoms with E-state index in [0.717, 1.165) is 26.2 Å². The fourth-order valence-corrected chi connectivity index (χ4v) is 6.81. The van der Waals surface area contributed by atoms with E-state index in [1.54, 1.807) is 14.1 Å². The van der Waals surface area contributed by atoms with Crippen molar-refractivity contribution in [1.82, 2.24) is 14.7 Å². The number of nitrogens with zero attached hydrogens (tertiary/aromatic N) is 3. The number of aliphatic hydroxyl groups excluding tert-OH is 2. The first-order valence-corrected chi connectivity index (χ1v) is 13.2. The number of rotatable bonds is 5. The molecule has 214 valence electrons. The Hall–Kier alpha value is -3.58. The van der Waals surface area contributed by atoms with Gasteiger partial charge in [0.25, 0.3) is 5.91 Å². The average molecular weight is 555 g/mol. The van der Waals surface area contributed by atoms with Gasteiger partial charge in [-0.2, -0.15) is 0 Å². The topological polar surface area (TPSA) is 185 Å². The molecule has 1 heterocycles. The van der Waals surface area contributed by atoms with Crippen molar-refractivity contribution in [3.63, 3.8) is 0 Å². The lowest BCUT2D eigenvalue weighted by molar-refractivity contribution is -0.148. The minimum atomic E-state index is -2.70. The minimum Gasteiger partial charge on any atom is -0.510 e. The van der Waals surface area contributed by atoms with Gasteiger partial charge in [-0.05, 0) is 57.6 Å². The number of aromatic hydroxyl groups is 1. The van der Waals surface area contributed by atoms with Gasteiger partial charge >= 0.3 is 0 Å². The van der Waals surface area contributed by atoms with Crippen molar-refractivity contribution in [2.45, 2.75) is 24.5 Å². The summed E-state index contributed by atoms with van der Waals surface area (Å²) in [6, 6.07) is 1.67. The third kappa shape index (κ3) is 4.05. The number of nitrogens with two attached hydrogens (primary N) is 1. The lowest BCUT2D eigenvalue weighted by atomic mass is 9.58. The molecule has 1 aromatic carbocycles. The van der Waals surface area contributed by atoms with E-state index >= 15 is 0 Å². The molecule has 12 nitrogen and oxygen atoms in total. The minimum absolute atomic E-state index is 0.0342. The van der Waals surface area contributed by atoms with Crippen LogP contribution in [0.1, 0.15) is 32.7 Å². The first-order valence-electron chi connectivity index (χ1n) is 13.2. The first kappa shape index (κ1) is 28.0. The molecule has 0 bridgehead atoms. The molecule has 1 saturated heterocycles. The fraction of sp³-hybridized carbons (Fsp3) is 0.500. The molecule has 3 aliphatic carbocycles. The van der Waals surface area contributed by atoms with Gasteiger partial charge in [0.1, 0.15) is 22.8 Å². The van der Waals surface area contributed by atoms with E-state index in [1.807, 2.05) is 11.9 Å². The number of phenols is 1. The third-order valence-corrected chi connectivity index (χ3v) is 8.87. The Bertz CT molecular complexity index is 1390. The Balaban J connectivity index is 1.59. The molecule has 1 aromatic rings. The second-order valence-electron chi connectivity index (χ2n) is 11.5. The van der Waals surface area contributed by atoms with E-state index < -0.39 is 58.0 Å². The SMILES string of the molecule is CN1CCN(CC(=O)c2ccc(O)c3c2C[C@H]2C[C@@H]4[C@@H](N(C)C)C(O)=C(C(N)=O)C(=O)[C@@]4(O)C(O)=C2C3=O)CC1. The number of primary amides is 1. The molecule has 4 aliphatic rings. The first-order chi connectivity index (χ1) is 18.8. The maximum absolute atomic E-state index is 13.8. The van der Waals surface area contributed by atoms with E-state index in [-0.39, 0.29) is 42.1 Å². The average Bonchev–Trinajstić information content (AvgIpc) is 2.87. The largest absolute Gasteiger partial charge is 0.510 e. The van der Waals surface area contributed by atoms with Crippen molar-refractivity contribution < 1.29 is 39.6 Å². The van der Waals surface area contributed by atoms with Gasteiger partial charge in [-0.15, -0.1) is 0 Å². The second-order valence-corrected chi connectivity index (χ2v) is 11.5. The number of aliphatic hydroxyl groups is 3. The van der Waals surface area contributed by atoms with Crippen LogP contribution >= 0.6 is 0 Å². The summed E-state index contributed by atoms with van der Waals surface area (Å²) in [4.78, 5) is 58.4. The van der Waals surface area contributed by atoms with Gasteiger partial charge in [0, 0.05) is 43.2 Å². The number of carbonyl (C=O) groups is 4. The highest BCUT2D eigenvalue weighted by Gasteiger charge is 2.63. The summed E-state index contributed by atoms with van der Waals surface area (Å²) in [6.45, 7) is 3.23. The van der Waals surface area contributed by atoms with Gasteiger partial charge in [0.2, 0.25) is 5.78 Å². The number of Topliss-reactive ketones (excluding diaryl/α,β-unsaturated/α-hetero) is 3. The van der Waals surface area contributed by atoms with Crippen LogP contribution in [0.5, 0.6) is 5.75 Å². The van der Waals surface area contributed by atoms with Crippen LogP contribution in [0, 0.1) is 11.8 Å². The van der Waals surface area contributed by atoms with E-state index in [2.05, 4.69) is 4.90 Å². The lowest BCUT2D eigenvalue weighted by Crippen LogP contribution is -2.63. The smallest absolute Gasteiger partial charge is 0.255 e. The molecule has 5 rings (SSSR count). The normalized spacial score (nSPS) is 29.4. The number of hydrogen-bond donors (Lipinski definition) is 5. The highest BCUT2D eigenvalue weighted by atomic mass is 16.3. The van der Waals surface area contributed by atoms with Gasteiger partial charge in [0.15, 0.2) is 17.2 Å². The molecule has 40 heavy (non-hydrogen) atoms. The van der Waals surface area contributed by atoms with Crippen molar-refractivity contribution >= 4 is 23.3 Å². The van der Waals surface area contributed by atoms with E-state index in [9.17, 15) is 39.6 Å². The summed E-state index contributed by atoms with van der Waals surface area (Å²) in [5.74, 6) is -7.38. The number of likely N-dealkylation sites (N-methyl/N-ethyl adjacent to an activating group) is 2. The summed E-state index contributed by atoms with van der Waals surface area (Å²) in [5, 5.41) is 44.6. The number of phenolic OH excluding ortho intramolecular Hbond substituents is 1. The lowest BCUT2D eigenvalue weighted by Gasteiger charge is -2.50. The quantitative estimate of drug-likeness (QED) is 0.235. The number of amides is 1. The Morgan fingerprint density at radius 1 is 1.10 bits per heavy atom. The molecule has 0 unspecified atom stereocenters. The predicted octanol–water partition coefficient (Wildman–Crippen LogP) is -0.449. The molecular weight excluding hydrogens is 520 g/mol. The maximum atomic E-state index is 13.8. The Kier molecular flexibility index (Phi) is 6.86. The highest BCUT2D eigenvalue weighted by Crippen LogP contribution is 2.52. The molecule has 0 aromatic heterocycles. The van der Waals surface area contributed by atoms with E-state index in [4.69, 9.17) is 5.73 Å². The molecule has 1 amide bonds. The predicted molar refractivity (Wildman–Crippen MR) is 142 cm³/mol. The number of ketones is 3. The summed E-state index contributed by atoms with van der Waals surface area (Å²) >= 11 is 0. The second kappa shape index (κ2) is 9.81. The Morgan fingerprint density at radius 3 is 2.35 bits per heavy atom. The zero-order chi connectivity index (χ0) is 29.3. The maximum Gasteiger partial charge on any atom is 0.255 e. The van der Waals surface area contributed by atoms with Gasteiger partial charge in [0.05, 0.1) is 18.2 Å². The van der Waals surface area contributed by atoms with Crippen molar-refractivity contribution in [2.75, 3.05) is 53.9 Å². The van der Waals surface area contributed by atoms with Crippen LogP contribution in [0.2, 0.25) is 0 Å². The van der Waals surface area contributed by atoms with Crippen LogP contribution in [-0.2, 0) is 16.0 Å². The van der Waals surface area contributed by atoms with Crippen LogP contribution in [0.4, 0.5) is 0 Å². The molecule has 0 saturated carbocycles. The van der Waals surface area contributed by atoms with Crippen LogP contribution < -0.4 is 5.73 Å². The van der Waals surface area contributed by atoms with Crippen molar-refractivity contribution in [3.05, 3.63) is 51.5 Å². The van der Waals surface area contributed by atoms with Crippen molar-refractivity contribution in [3.8, 4) is 5.75 Å². The molecule has 6 N–H and O–H groups in total. The zero-order valence-electron chi connectivity index (χ0n) is 22.7. The monoisotopic (exact) mass is 554 g/mol. The van der Waals surface area contributed by atoms with Crippen LogP contribution in [0.3, 0.4) is 0 Å². The van der Waals surface area contributed by atoms with Crippen LogP contribution in [-0.4, -0.2) is 124 Å². The van der Waals surface area contributed by atoms with Crippen LogP contribution in [0.25, 0.3) is 0 Å². The molecule has 1 aliphatic heterocycles. The Morgan fingerprint density at radius 2 is 1.75 bits per heavy atom. The molecule has 0 spiro atoms. The fourth-order valence-electron chi connectivity index (χ4n) is 6.81. The van der Waals surface area contributed by atoms with Crippen molar-refractivity contribution in [2.24, 2.45) is 17.6 Å². The summed E-state index contributed by atoms with van der Waals surface area (Å²) in [7, 11) is 5.15. The summed E-state index contributed by atoms with van der Waals surface area (Å²) < 4.78 is 0. The van der Waals surface area contributed by atoms with Gasteiger partial charge in [-0.25, -0.2) is 0 Å². The number of fused-ring (bicyclic) bond motifs is 3. The molecular formula is C28H34N4O8. The summed E-state index contributed by atoms with van der Waals surface area (Å²) in [5.41, 5.74) is 2.03. The van der Waals surface area contributed by atoms with Gasteiger partial charge in [-0.1, -0.05) is 0 Å². The Labute approximate surface area is 231 Å². The number of benzene rings is 1. The number of carbonyl (C=O) groups excluding carboxylic acids is 4. The molecule has 12 heteroatoms. The molecule has 0 radical (unpaired) electrons. The standard InChI is InChI=1S/C28H34N4O8/c1-30(2)22-16-11-13-10-15-14(18(34)12-32-8-6-31(3)7-9-32)4-5-17(33)20(15)23(35)19(13)25(37)28(16,40)26(38)21(24(22)36)27(29)39/h4-5,13,16,22,33,36-37,40H,6-12H2,1-3H3,(H2,29,39)/t13-,16+,22+,28-/m0/s1. The van der Waals surface area contributed by atoms with Gasteiger partial charge < -0.3 is 31.1 Å². The molecule has 1 fully saturated rings. The summed E-state index contributed by atoms with van der Waals surface area (Å²) in [6.07, 6.45) is 0.0419. The number of hydrogen-bond acceptors (Lipinski definition) is 11. The zero-order valence-corrected chi connectivity index (χ0v) is 22.7. The van der Waals surface area contributed by atoms with Gasteiger partial charge in [-0.3, -0.25) is 29.0 Å². The van der Waals surface area contributed by atoms with E-state index in [0.29, 0.717) is 11.1 Å². The number of piperazine rings is 1. The van der Waals surface area contributed by atoms with Crippen LogP contribution in [0.15, 0.2) is 34.8 Å². The highest BCUT2D eigenvalue weighted by molar-refractivity contribution is 6.25. The number of allylic oxidation sites excluding steroid dienone is 1. The van der Waals surface area contributed by atoms with E-state index in [1.165, 1.54) is 17.0 Å². The third-order valence-electron chi connectivity index (χ3n) is 8.87. The molecule has 4 atom stereocenters. The van der Waals surface area contributed by atoms with Crippen molar-refractivity contribution in [1.29, 1.82) is 0 Å².